The molecule has 0 spiro atoms. The van der Waals surface area contributed by atoms with Crippen molar-refractivity contribution in [2.75, 3.05) is 77.5 Å². The van der Waals surface area contributed by atoms with Crippen LogP contribution in [0, 0.1) is 5.92 Å². The van der Waals surface area contributed by atoms with Crippen LogP contribution in [0.25, 0.3) is 11.0 Å². The molecular formula is C60H93N8O11P. The third-order valence-corrected chi connectivity index (χ3v) is 14.6. The fourth-order valence-corrected chi connectivity index (χ4v) is 9.52. The third-order valence-electron chi connectivity index (χ3n) is 13.7. The number of anilines is 2. The number of benzene rings is 2. The molecule has 19 nitrogen and oxygen atoms in total. The molecule has 4 rings (SSSR count). The lowest BCUT2D eigenvalue weighted by atomic mass is 10.0. The van der Waals surface area contributed by atoms with Crippen molar-refractivity contribution in [2.45, 2.75) is 162 Å². The van der Waals surface area contributed by atoms with E-state index in [1.54, 1.807) is 48.7 Å². The zero-order valence-electron chi connectivity index (χ0n) is 48.8. The summed E-state index contributed by atoms with van der Waals surface area (Å²) in [4.78, 5) is 79.9. The first kappa shape index (κ1) is 66.8. The van der Waals surface area contributed by atoms with E-state index >= 15 is 0 Å². The number of hydrogen-bond donors (Lipinski definition) is 2. The molecule has 2 heterocycles. The number of aryl methyl sites for hydroxylation is 1. The van der Waals surface area contributed by atoms with Crippen LogP contribution in [0.15, 0.2) is 71.9 Å². The Morgan fingerprint density at radius 2 is 1.29 bits per heavy atom. The summed E-state index contributed by atoms with van der Waals surface area (Å²) < 4.78 is 41.8. The number of aromatic nitrogens is 3. The number of hydrogen-bond acceptors (Lipinski definition) is 14. The number of likely N-dealkylation sites (N-methyl/N-ethyl adjacent to an activating group) is 1. The van der Waals surface area contributed by atoms with Gasteiger partial charge in [0.2, 0.25) is 0 Å². The number of phosphoric acid groups is 1. The molecule has 2 atom stereocenters. The van der Waals surface area contributed by atoms with Crippen LogP contribution in [0.4, 0.5) is 16.3 Å². The van der Waals surface area contributed by atoms with E-state index in [0.717, 1.165) is 56.1 Å². The van der Waals surface area contributed by atoms with E-state index in [1.165, 1.54) is 81.9 Å². The lowest BCUT2D eigenvalue weighted by Gasteiger charge is -2.28. The summed E-state index contributed by atoms with van der Waals surface area (Å²) in [6, 6.07) is 17.5. The Morgan fingerprint density at radius 3 is 1.88 bits per heavy atom. The van der Waals surface area contributed by atoms with Gasteiger partial charge in [-0.05, 0) is 67.4 Å². The second-order valence-electron chi connectivity index (χ2n) is 21.7. The topological polar surface area (TPSA) is 239 Å². The number of carbonyl (C=O) groups is 4. The van der Waals surface area contributed by atoms with E-state index in [0.29, 0.717) is 58.9 Å². The molecule has 80 heavy (non-hydrogen) atoms. The number of nitrogens with two attached hydrogens (primary N) is 1. The highest BCUT2D eigenvalue weighted by molar-refractivity contribution is 7.45. The molecule has 0 saturated heterocycles. The van der Waals surface area contributed by atoms with Crippen LogP contribution < -0.4 is 20.8 Å². The van der Waals surface area contributed by atoms with Gasteiger partial charge in [-0.1, -0.05) is 135 Å². The molecule has 0 aliphatic carbocycles. The maximum atomic E-state index is 14.3. The largest absolute Gasteiger partial charge is 0.756 e. The highest BCUT2D eigenvalue weighted by Gasteiger charge is 2.24. The van der Waals surface area contributed by atoms with Gasteiger partial charge >= 0.3 is 18.0 Å². The number of unbranched alkanes of at least 4 members (excludes halogenated alkanes) is 18. The fraction of sp³-hybridized carbons (Fsp3) is 0.617. The number of ether oxygens (including phenoxy) is 3. The molecule has 0 saturated carbocycles. The van der Waals surface area contributed by atoms with E-state index in [1.807, 2.05) is 51.0 Å². The first-order valence-corrected chi connectivity index (χ1v) is 30.7. The number of nitrogens with one attached hydrogen (secondary N) is 1. The number of quaternary nitrogens is 1. The monoisotopic (exact) mass is 1130 g/mol. The van der Waals surface area contributed by atoms with Crippen molar-refractivity contribution < 1.29 is 56.4 Å². The summed E-state index contributed by atoms with van der Waals surface area (Å²) in [5.74, 6) is -1.29. The third kappa shape index (κ3) is 27.2. The fourth-order valence-electron chi connectivity index (χ4n) is 8.74. The molecule has 2 aromatic heterocycles. The van der Waals surface area contributed by atoms with Crippen molar-refractivity contribution in [3.05, 3.63) is 83.8 Å². The zero-order chi connectivity index (χ0) is 58.0. The van der Waals surface area contributed by atoms with Crippen molar-refractivity contribution in [2.24, 2.45) is 23.7 Å². The number of esters is 2. The van der Waals surface area contributed by atoms with Crippen LogP contribution in [0.5, 0.6) is 0 Å². The standard InChI is InChI=1S/C60H93N8O11P/c1-7-9-11-13-14-15-16-17-18-19-20-21-22-23-24-25-30-56(69)76-45-48(47-79-80(73,74)78-42-40-68(4,5)6)46-77-57(70)37-39-67(54-29-26-27-38-62-54)59(71)50-33-36-53-52(43-50)64-55(66(53)3)44-63-51-34-31-49(32-35-51)58(61)65-60(72)75-41-28-12-10-8-2/h26-27,29,31-36,38,43,48H,7-25,28,30,37,39-42,44-47H2,1-6H3,(H3-,61,63,65,72,73,74). The smallest absolute Gasteiger partial charge is 0.435 e. The van der Waals surface area contributed by atoms with E-state index < -0.39 is 44.3 Å². The quantitative estimate of drug-likeness (QED) is 0.00798. The highest BCUT2D eigenvalue weighted by atomic mass is 31.2. The molecule has 0 bridgehead atoms. The minimum atomic E-state index is -4.74. The number of phosphoric ester groups is 1. The summed E-state index contributed by atoms with van der Waals surface area (Å²) in [5.41, 5.74) is 9.12. The Morgan fingerprint density at radius 1 is 0.713 bits per heavy atom. The number of amidine groups is 1. The number of rotatable bonds is 42. The molecule has 2 aromatic carbocycles. The zero-order valence-corrected chi connectivity index (χ0v) is 49.7. The Bertz CT molecular complexity index is 2520. The van der Waals surface area contributed by atoms with Gasteiger partial charge in [-0.15, -0.1) is 0 Å². The number of pyridine rings is 1. The van der Waals surface area contributed by atoms with Crippen LogP contribution in [0.1, 0.15) is 177 Å². The van der Waals surface area contributed by atoms with Crippen LogP contribution in [0.2, 0.25) is 0 Å². The Labute approximate surface area is 475 Å². The number of aliphatic imine (C=N–C) groups is 1. The Hall–Kier alpha value is -5.72. The predicted octanol–water partition coefficient (Wildman–Crippen LogP) is 11.6. The second kappa shape index (κ2) is 37.3. The van der Waals surface area contributed by atoms with Crippen molar-refractivity contribution in [3.8, 4) is 0 Å². The minimum Gasteiger partial charge on any atom is -0.756 e. The number of imidazole rings is 1. The van der Waals surface area contributed by atoms with Crippen LogP contribution >= 0.6 is 7.82 Å². The molecule has 4 aromatic rings. The predicted molar refractivity (Wildman–Crippen MR) is 313 cm³/mol. The average Bonchev–Trinajstić information content (AvgIpc) is 3.75. The van der Waals surface area contributed by atoms with Crippen LogP contribution in [-0.2, 0) is 51.0 Å². The molecule has 0 aliphatic rings. The van der Waals surface area contributed by atoms with Crippen LogP contribution in [0.3, 0.4) is 0 Å². The summed E-state index contributed by atoms with van der Waals surface area (Å²) in [7, 11) is 2.85. The molecule has 20 heteroatoms. The summed E-state index contributed by atoms with van der Waals surface area (Å²) in [5, 5.41) is 3.35. The van der Waals surface area contributed by atoms with Gasteiger partial charge in [-0.2, -0.15) is 4.99 Å². The Kier molecular flexibility index (Phi) is 31.2. The maximum absolute atomic E-state index is 14.3. The van der Waals surface area contributed by atoms with Gasteiger partial charge in [0, 0.05) is 43.0 Å². The van der Waals surface area contributed by atoms with Crippen molar-refractivity contribution in [1.82, 2.24) is 14.5 Å². The number of fused-ring (bicyclic) bond motifs is 1. The average molecular weight is 1130 g/mol. The second-order valence-corrected chi connectivity index (χ2v) is 23.1. The van der Waals surface area contributed by atoms with E-state index in [-0.39, 0.29) is 45.0 Å². The van der Waals surface area contributed by atoms with Gasteiger partial charge in [0.15, 0.2) is 0 Å². The SMILES string of the molecule is CCCCCCCCCCCCCCCCCCC(=O)OCC(COC(=O)CCN(C(=O)c1ccc2c(c1)nc(CNc1ccc(/C(N)=N/C(=O)OCCCCCC)cc1)n2C)c1ccccn1)COP(=O)([O-])OCC[N+](C)(C)C. The van der Waals surface area contributed by atoms with Crippen molar-refractivity contribution >= 4 is 60.1 Å². The van der Waals surface area contributed by atoms with Gasteiger partial charge < -0.3 is 48.3 Å². The maximum Gasteiger partial charge on any atom is 0.435 e. The lowest BCUT2D eigenvalue weighted by Crippen LogP contribution is -2.37. The minimum absolute atomic E-state index is 0.0588. The molecular weight excluding hydrogens is 1040 g/mol. The first-order valence-electron chi connectivity index (χ1n) is 29.2. The number of nitrogens with zero attached hydrogens (tertiary/aromatic N) is 6. The lowest BCUT2D eigenvalue weighted by molar-refractivity contribution is -0.870. The number of amides is 2. The molecule has 3 N–H and O–H groups in total. The summed E-state index contributed by atoms with van der Waals surface area (Å²) in [6.45, 7) is 4.23. The molecule has 0 fully saturated rings. The number of carbonyl (C=O) groups excluding carboxylic acids is 4. The van der Waals surface area contributed by atoms with Gasteiger partial charge in [0.25, 0.3) is 13.7 Å². The van der Waals surface area contributed by atoms with Gasteiger partial charge in [-0.3, -0.25) is 23.8 Å². The molecule has 0 aliphatic heterocycles. The Balaban J connectivity index is 1.29. The molecule has 0 radical (unpaired) electrons. The van der Waals surface area contributed by atoms with E-state index in [4.69, 9.17) is 34.0 Å². The first-order chi connectivity index (χ1) is 38.5. The van der Waals surface area contributed by atoms with Crippen molar-refractivity contribution in [3.63, 3.8) is 0 Å². The van der Waals surface area contributed by atoms with E-state index in [9.17, 15) is 28.6 Å². The normalized spacial score (nSPS) is 13.0. The van der Waals surface area contributed by atoms with Crippen molar-refractivity contribution in [1.29, 1.82) is 0 Å². The molecule has 444 valence electrons. The van der Waals surface area contributed by atoms with E-state index in [2.05, 4.69) is 29.1 Å². The van der Waals surface area contributed by atoms with Gasteiger partial charge in [-0.25, -0.2) is 14.8 Å². The van der Waals surface area contributed by atoms with Gasteiger partial charge in [0.05, 0.1) is 77.5 Å². The van der Waals surface area contributed by atoms with Crippen LogP contribution in [-0.4, -0.2) is 116 Å². The van der Waals surface area contributed by atoms with Gasteiger partial charge in [0.1, 0.15) is 30.6 Å². The highest BCUT2D eigenvalue weighted by Crippen LogP contribution is 2.38. The summed E-state index contributed by atoms with van der Waals surface area (Å²) >= 11 is 0. The molecule has 2 amide bonds. The summed E-state index contributed by atoms with van der Waals surface area (Å²) in [6.07, 6.45) is 24.3. The molecule has 2 unspecified atom stereocenters.